The van der Waals surface area contributed by atoms with Gasteiger partial charge in [0, 0.05) is 5.02 Å². The molecule has 2 aromatic rings. The van der Waals surface area contributed by atoms with Gasteiger partial charge in [0.15, 0.2) is 6.10 Å². The first-order valence-corrected chi connectivity index (χ1v) is 8.78. The van der Waals surface area contributed by atoms with Crippen LogP contribution >= 0.6 is 11.6 Å². The molecule has 1 amide bonds. The average molecular weight is 362 g/mol. The Labute approximate surface area is 154 Å². The van der Waals surface area contributed by atoms with E-state index in [4.69, 9.17) is 21.1 Å². The van der Waals surface area contributed by atoms with Crippen molar-refractivity contribution in [1.82, 2.24) is 5.32 Å². The number of ether oxygens (including phenoxy) is 2. The molecule has 0 heterocycles. The molecule has 0 aliphatic carbocycles. The molecule has 0 aliphatic heterocycles. The van der Waals surface area contributed by atoms with E-state index in [1.807, 2.05) is 45.0 Å². The van der Waals surface area contributed by atoms with Gasteiger partial charge in [-0.3, -0.25) is 4.79 Å². The fraction of sp³-hybridized carbons (Fsp3) is 0.350. The lowest BCUT2D eigenvalue weighted by molar-refractivity contribution is -0.128. The van der Waals surface area contributed by atoms with E-state index in [2.05, 4.69) is 5.32 Å². The largest absolute Gasteiger partial charge is 0.491 e. The number of hydrogen-bond acceptors (Lipinski definition) is 3. The first-order valence-electron chi connectivity index (χ1n) is 8.40. The molecule has 2 rings (SSSR count). The number of aryl methyl sites for hydroxylation is 1. The molecular weight excluding hydrogens is 338 g/mol. The van der Waals surface area contributed by atoms with Crippen LogP contribution in [0.25, 0.3) is 0 Å². The van der Waals surface area contributed by atoms with E-state index in [0.717, 1.165) is 11.3 Å². The number of halogens is 1. The van der Waals surface area contributed by atoms with Crippen molar-refractivity contribution >= 4 is 17.5 Å². The van der Waals surface area contributed by atoms with Crippen molar-refractivity contribution in [3.8, 4) is 11.5 Å². The van der Waals surface area contributed by atoms with Crippen molar-refractivity contribution in [2.45, 2.75) is 39.3 Å². The molecule has 1 N–H and O–H groups in total. The molecule has 0 spiro atoms. The number of carbonyl (C=O) groups excluding carboxylic acids is 1. The van der Waals surface area contributed by atoms with E-state index >= 15 is 0 Å². The zero-order valence-electron chi connectivity index (χ0n) is 14.8. The molecule has 0 radical (unpaired) electrons. The molecule has 0 saturated heterocycles. The van der Waals surface area contributed by atoms with Crippen LogP contribution in [0.5, 0.6) is 11.5 Å². The summed E-state index contributed by atoms with van der Waals surface area (Å²) >= 11 is 5.86. The Morgan fingerprint density at radius 3 is 2.48 bits per heavy atom. The van der Waals surface area contributed by atoms with E-state index in [0.29, 0.717) is 23.8 Å². The first-order chi connectivity index (χ1) is 12.0. The average Bonchev–Trinajstić information content (AvgIpc) is 2.60. The molecule has 2 atom stereocenters. The minimum atomic E-state index is -0.554. The summed E-state index contributed by atoms with van der Waals surface area (Å²) in [6.45, 7) is 6.21. The predicted octanol–water partition coefficient (Wildman–Crippen LogP) is 4.39. The number of rotatable bonds is 8. The van der Waals surface area contributed by atoms with Crippen LogP contribution in [0.2, 0.25) is 5.02 Å². The Balaban J connectivity index is 1.85. The van der Waals surface area contributed by atoms with Crippen LogP contribution in [0.3, 0.4) is 0 Å². The summed E-state index contributed by atoms with van der Waals surface area (Å²) < 4.78 is 11.5. The van der Waals surface area contributed by atoms with E-state index in [1.54, 1.807) is 24.3 Å². The minimum absolute atomic E-state index is 0.130. The Hall–Kier alpha value is -2.20. The topological polar surface area (TPSA) is 47.6 Å². The number of para-hydroxylation sites is 1. The van der Waals surface area contributed by atoms with Crippen molar-refractivity contribution < 1.29 is 14.3 Å². The van der Waals surface area contributed by atoms with Gasteiger partial charge >= 0.3 is 0 Å². The molecule has 0 unspecified atom stereocenters. The second kappa shape index (κ2) is 9.33. The minimum Gasteiger partial charge on any atom is -0.491 e. The quantitative estimate of drug-likeness (QED) is 0.758. The second-order valence-corrected chi connectivity index (χ2v) is 6.39. The third kappa shape index (κ3) is 5.98. The molecule has 134 valence electrons. The van der Waals surface area contributed by atoms with Gasteiger partial charge in [0.05, 0.1) is 6.04 Å². The molecule has 0 saturated carbocycles. The molecule has 0 aromatic heterocycles. The molecular formula is C20H24ClNO3. The maximum atomic E-state index is 12.4. The third-order valence-electron chi connectivity index (χ3n) is 3.73. The zero-order valence-corrected chi connectivity index (χ0v) is 15.5. The fourth-order valence-corrected chi connectivity index (χ4v) is 2.44. The molecule has 2 aromatic carbocycles. The van der Waals surface area contributed by atoms with Crippen LogP contribution in [0.15, 0.2) is 48.5 Å². The Morgan fingerprint density at radius 2 is 1.84 bits per heavy atom. The number of nitrogens with one attached hydrogen (secondary N) is 1. The predicted molar refractivity (Wildman–Crippen MR) is 100 cm³/mol. The summed E-state index contributed by atoms with van der Waals surface area (Å²) in [7, 11) is 0. The lowest BCUT2D eigenvalue weighted by Crippen LogP contribution is -2.44. The van der Waals surface area contributed by atoms with Crippen LogP contribution in [0.4, 0.5) is 0 Å². The Bertz CT molecular complexity index is 688. The van der Waals surface area contributed by atoms with E-state index in [9.17, 15) is 4.79 Å². The van der Waals surface area contributed by atoms with Crippen LogP contribution < -0.4 is 14.8 Å². The van der Waals surface area contributed by atoms with Crippen molar-refractivity contribution in [2.75, 3.05) is 6.61 Å². The summed E-state index contributed by atoms with van der Waals surface area (Å²) in [6, 6.07) is 14.7. The number of hydrogen-bond donors (Lipinski definition) is 1. The fourth-order valence-electron chi connectivity index (χ4n) is 2.31. The maximum Gasteiger partial charge on any atom is 0.261 e. The zero-order chi connectivity index (χ0) is 18.2. The monoisotopic (exact) mass is 361 g/mol. The normalized spacial score (nSPS) is 13.0. The third-order valence-corrected chi connectivity index (χ3v) is 3.98. The Kier molecular flexibility index (Phi) is 7.14. The van der Waals surface area contributed by atoms with E-state index in [-0.39, 0.29) is 11.9 Å². The van der Waals surface area contributed by atoms with Gasteiger partial charge in [-0.05, 0) is 56.2 Å². The van der Waals surface area contributed by atoms with Gasteiger partial charge in [-0.25, -0.2) is 0 Å². The number of carbonyl (C=O) groups is 1. The van der Waals surface area contributed by atoms with Gasteiger partial charge in [0.2, 0.25) is 0 Å². The summed E-state index contributed by atoms with van der Waals surface area (Å²) in [5.74, 6) is 1.29. The highest BCUT2D eigenvalue weighted by molar-refractivity contribution is 6.30. The number of benzene rings is 2. The summed E-state index contributed by atoms with van der Waals surface area (Å²) in [4.78, 5) is 12.4. The van der Waals surface area contributed by atoms with Crippen molar-refractivity contribution in [3.05, 3.63) is 59.1 Å². The second-order valence-electron chi connectivity index (χ2n) is 5.95. The standard InChI is InChI=1S/C20H24ClNO3/c1-4-18(25-17-11-9-16(21)10-12-17)20(23)22-15(3)13-24-19-8-6-5-7-14(19)2/h5-12,15,18H,4,13H2,1-3H3,(H,22,23)/t15-,18+/m1/s1. The SMILES string of the molecule is CC[C@H](Oc1ccc(Cl)cc1)C(=O)N[C@H](C)COc1ccccc1C. The van der Waals surface area contributed by atoms with Crippen LogP contribution in [0, 0.1) is 6.92 Å². The first kappa shape index (κ1) is 19.1. The lowest BCUT2D eigenvalue weighted by atomic mass is 10.2. The van der Waals surface area contributed by atoms with Crippen molar-refractivity contribution in [1.29, 1.82) is 0 Å². The van der Waals surface area contributed by atoms with Crippen LogP contribution in [-0.2, 0) is 4.79 Å². The smallest absolute Gasteiger partial charge is 0.261 e. The van der Waals surface area contributed by atoms with Gasteiger partial charge in [0.1, 0.15) is 18.1 Å². The van der Waals surface area contributed by atoms with Gasteiger partial charge in [-0.1, -0.05) is 36.7 Å². The Morgan fingerprint density at radius 1 is 1.16 bits per heavy atom. The summed E-state index contributed by atoms with van der Waals surface area (Å²) in [5.41, 5.74) is 1.07. The van der Waals surface area contributed by atoms with Gasteiger partial charge < -0.3 is 14.8 Å². The number of amides is 1. The maximum absolute atomic E-state index is 12.4. The highest BCUT2D eigenvalue weighted by atomic mass is 35.5. The molecule has 25 heavy (non-hydrogen) atoms. The summed E-state index contributed by atoms with van der Waals surface area (Å²) in [5, 5.41) is 3.57. The van der Waals surface area contributed by atoms with Gasteiger partial charge in [-0.2, -0.15) is 0 Å². The molecule has 0 bridgehead atoms. The van der Waals surface area contributed by atoms with Gasteiger partial charge in [-0.15, -0.1) is 0 Å². The highest BCUT2D eigenvalue weighted by Gasteiger charge is 2.20. The van der Waals surface area contributed by atoms with Crippen LogP contribution in [0.1, 0.15) is 25.8 Å². The van der Waals surface area contributed by atoms with E-state index < -0.39 is 6.10 Å². The molecule has 0 aliphatic rings. The van der Waals surface area contributed by atoms with Crippen LogP contribution in [-0.4, -0.2) is 24.7 Å². The lowest BCUT2D eigenvalue weighted by Gasteiger charge is -2.21. The van der Waals surface area contributed by atoms with Crippen molar-refractivity contribution in [2.24, 2.45) is 0 Å². The molecule has 4 nitrogen and oxygen atoms in total. The highest BCUT2D eigenvalue weighted by Crippen LogP contribution is 2.18. The van der Waals surface area contributed by atoms with Crippen molar-refractivity contribution in [3.63, 3.8) is 0 Å². The molecule has 5 heteroatoms. The summed E-state index contributed by atoms with van der Waals surface area (Å²) in [6.07, 6.45) is 0.0157. The van der Waals surface area contributed by atoms with E-state index in [1.165, 1.54) is 0 Å². The van der Waals surface area contributed by atoms with Gasteiger partial charge in [0.25, 0.3) is 5.91 Å². The molecule has 0 fully saturated rings.